The van der Waals surface area contributed by atoms with E-state index < -0.39 is 0 Å². The Labute approximate surface area is 218 Å². The van der Waals surface area contributed by atoms with Gasteiger partial charge < -0.3 is 19.5 Å². The number of carbonyl (C=O) groups excluding carboxylic acids is 2. The summed E-state index contributed by atoms with van der Waals surface area (Å²) in [6.45, 7) is 2.82. The summed E-state index contributed by atoms with van der Waals surface area (Å²) in [6.07, 6.45) is 2.69. The summed E-state index contributed by atoms with van der Waals surface area (Å²) < 4.78 is 17.3. The monoisotopic (exact) mass is 521 g/mol. The smallest absolute Gasteiger partial charge is 0.414 e. The number of nitrogens with zero attached hydrogens (tertiary/aromatic N) is 4. The number of carbonyl (C=O) groups is 2. The number of fused-ring (bicyclic) bond motifs is 2. The number of likely N-dealkylation sites (tertiary alicyclic amines) is 1. The molecule has 4 heterocycles. The normalized spacial score (nSPS) is 20.5. The lowest BCUT2D eigenvalue weighted by Gasteiger charge is -2.32. The van der Waals surface area contributed by atoms with Gasteiger partial charge in [-0.05, 0) is 49.2 Å². The van der Waals surface area contributed by atoms with Gasteiger partial charge in [0.1, 0.15) is 24.3 Å². The molecule has 37 heavy (non-hydrogen) atoms. The Kier molecular flexibility index (Phi) is 6.47. The molecule has 3 aromatic rings. The van der Waals surface area contributed by atoms with Crippen molar-refractivity contribution in [3.05, 3.63) is 42.7 Å². The summed E-state index contributed by atoms with van der Waals surface area (Å²) >= 11 is 1.50. The van der Waals surface area contributed by atoms with Crippen LogP contribution < -0.4 is 19.7 Å². The number of cyclic esters (lactones) is 1. The van der Waals surface area contributed by atoms with Gasteiger partial charge in [-0.15, -0.1) is 11.8 Å². The molecule has 11 heteroatoms. The second kappa shape index (κ2) is 10.1. The number of hydrogen-bond donors (Lipinski definition) is 1. The first-order valence-corrected chi connectivity index (χ1v) is 13.3. The van der Waals surface area contributed by atoms with E-state index in [4.69, 9.17) is 14.2 Å². The highest BCUT2D eigenvalue weighted by Crippen LogP contribution is 2.35. The van der Waals surface area contributed by atoms with Crippen LogP contribution >= 0.6 is 11.8 Å². The van der Waals surface area contributed by atoms with Crippen LogP contribution in [0.1, 0.15) is 12.8 Å². The second-order valence-corrected chi connectivity index (χ2v) is 10.3. The second-order valence-electron chi connectivity index (χ2n) is 9.31. The minimum atomic E-state index is -0.357. The maximum atomic E-state index is 12.6. The van der Waals surface area contributed by atoms with Gasteiger partial charge in [-0.25, -0.2) is 14.8 Å². The Morgan fingerprint density at radius 1 is 1.14 bits per heavy atom. The molecule has 3 aliphatic rings. The summed E-state index contributed by atoms with van der Waals surface area (Å²) in [5.41, 5.74) is 2.29. The molecule has 0 saturated carbocycles. The molecule has 1 atom stereocenters. The summed E-state index contributed by atoms with van der Waals surface area (Å²) in [7, 11) is 1.63. The van der Waals surface area contributed by atoms with Gasteiger partial charge >= 0.3 is 6.09 Å². The van der Waals surface area contributed by atoms with Gasteiger partial charge in [0.05, 0.1) is 36.0 Å². The molecule has 2 saturated heterocycles. The van der Waals surface area contributed by atoms with Crippen LogP contribution in [0.3, 0.4) is 0 Å². The molecule has 1 aromatic heterocycles. The third kappa shape index (κ3) is 5.01. The molecule has 192 valence electrons. The van der Waals surface area contributed by atoms with Crippen molar-refractivity contribution in [2.75, 3.05) is 49.3 Å². The average molecular weight is 522 g/mol. The van der Waals surface area contributed by atoms with Crippen molar-refractivity contribution in [1.82, 2.24) is 14.9 Å². The van der Waals surface area contributed by atoms with E-state index in [-0.39, 0.29) is 24.2 Å². The number of benzene rings is 2. The van der Waals surface area contributed by atoms with Crippen LogP contribution in [0.4, 0.5) is 16.2 Å². The highest BCUT2D eigenvalue weighted by molar-refractivity contribution is 8.00. The summed E-state index contributed by atoms with van der Waals surface area (Å²) in [5.74, 6) is 1.69. The van der Waals surface area contributed by atoms with Gasteiger partial charge in [-0.3, -0.25) is 14.6 Å². The lowest BCUT2D eigenvalue weighted by molar-refractivity contribution is -0.113. The molecular formula is C26H27N5O5S. The van der Waals surface area contributed by atoms with Crippen LogP contribution in [0.2, 0.25) is 0 Å². The molecular weight excluding hydrogens is 494 g/mol. The zero-order chi connectivity index (χ0) is 25.4. The van der Waals surface area contributed by atoms with Gasteiger partial charge in [-0.1, -0.05) is 0 Å². The molecule has 0 aliphatic carbocycles. The number of anilines is 2. The van der Waals surface area contributed by atoms with Crippen molar-refractivity contribution in [1.29, 1.82) is 0 Å². The Balaban J connectivity index is 1.04. The quantitative estimate of drug-likeness (QED) is 0.521. The first-order valence-electron chi connectivity index (χ1n) is 12.3. The number of methoxy groups -OCH3 is 1. The molecule has 2 fully saturated rings. The molecule has 0 radical (unpaired) electrons. The van der Waals surface area contributed by atoms with Gasteiger partial charge in [0, 0.05) is 30.2 Å². The van der Waals surface area contributed by atoms with Crippen molar-refractivity contribution < 1.29 is 23.8 Å². The van der Waals surface area contributed by atoms with Crippen LogP contribution in [0, 0.1) is 0 Å². The molecule has 0 spiro atoms. The van der Waals surface area contributed by atoms with E-state index in [2.05, 4.69) is 20.2 Å². The number of rotatable bonds is 6. The standard InChI is InChI=1S/C26H27N5O5S/c1-34-18-3-4-21-20(11-18)25(28-15-27-21)35-17-6-8-30(9-7-17)12-19-13-31(26(33)36-19)16-2-5-23-22(10-16)29-24(32)14-37-23/h2-5,10-11,15,17,19H,6-9,12-14H2,1H3,(H,29,32)/t19-/m1/s1. The van der Waals surface area contributed by atoms with Crippen LogP contribution in [0.25, 0.3) is 10.9 Å². The summed E-state index contributed by atoms with van der Waals surface area (Å²) in [5, 5.41) is 3.72. The first-order chi connectivity index (χ1) is 18.1. The SMILES string of the molecule is COc1ccc2ncnc(OC3CCN(C[C@@H]4CN(c5ccc6c(c5)NC(=O)CS6)C(=O)O4)CC3)c2c1. The Morgan fingerprint density at radius 3 is 2.84 bits per heavy atom. The Hall–Kier alpha value is -3.57. The van der Waals surface area contributed by atoms with E-state index in [0.29, 0.717) is 24.7 Å². The molecule has 6 rings (SSSR count). The Bertz CT molecular complexity index is 1350. The van der Waals surface area contributed by atoms with Crippen LogP contribution in [-0.2, 0) is 9.53 Å². The van der Waals surface area contributed by atoms with E-state index in [1.54, 1.807) is 12.0 Å². The third-order valence-electron chi connectivity index (χ3n) is 6.86. The lowest BCUT2D eigenvalue weighted by Crippen LogP contribution is -2.42. The predicted octanol–water partition coefficient (Wildman–Crippen LogP) is 3.55. The van der Waals surface area contributed by atoms with Crippen molar-refractivity contribution in [2.45, 2.75) is 29.9 Å². The number of piperidine rings is 1. The van der Waals surface area contributed by atoms with Crippen molar-refractivity contribution >= 4 is 46.0 Å². The largest absolute Gasteiger partial charge is 0.497 e. The summed E-state index contributed by atoms with van der Waals surface area (Å²) in [6, 6.07) is 11.4. The van der Waals surface area contributed by atoms with Crippen LogP contribution in [0.15, 0.2) is 47.6 Å². The minimum absolute atomic E-state index is 0.0310. The van der Waals surface area contributed by atoms with Crippen LogP contribution in [0.5, 0.6) is 11.6 Å². The topological polar surface area (TPSA) is 106 Å². The number of aromatic nitrogens is 2. The number of hydrogen-bond acceptors (Lipinski definition) is 9. The van der Waals surface area contributed by atoms with E-state index >= 15 is 0 Å². The molecule has 2 aromatic carbocycles. The number of thioether (sulfide) groups is 1. The number of amides is 2. The zero-order valence-electron chi connectivity index (χ0n) is 20.4. The van der Waals surface area contributed by atoms with Crippen LogP contribution in [-0.4, -0.2) is 78.1 Å². The van der Waals surface area contributed by atoms with Gasteiger partial charge in [0.25, 0.3) is 0 Å². The highest BCUT2D eigenvalue weighted by Gasteiger charge is 2.35. The van der Waals surface area contributed by atoms with Crippen molar-refractivity contribution in [2.24, 2.45) is 0 Å². The van der Waals surface area contributed by atoms with E-state index in [9.17, 15) is 9.59 Å². The summed E-state index contributed by atoms with van der Waals surface area (Å²) in [4.78, 5) is 38.0. The first kappa shape index (κ1) is 23.8. The fourth-order valence-electron chi connectivity index (χ4n) is 4.95. The lowest BCUT2D eigenvalue weighted by atomic mass is 10.1. The van der Waals surface area contributed by atoms with Gasteiger partial charge in [0.2, 0.25) is 11.8 Å². The Morgan fingerprint density at radius 2 is 2.00 bits per heavy atom. The maximum Gasteiger partial charge on any atom is 0.414 e. The molecule has 3 aliphatic heterocycles. The minimum Gasteiger partial charge on any atom is -0.497 e. The molecule has 0 bridgehead atoms. The van der Waals surface area contributed by atoms with Crippen molar-refractivity contribution in [3.63, 3.8) is 0 Å². The van der Waals surface area contributed by atoms with Crippen molar-refractivity contribution in [3.8, 4) is 11.6 Å². The van der Waals surface area contributed by atoms with E-state index in [0.717, 1.165) is 58.9 Å². The predicted molar refractivity (Wildman–Crippen MR) is 140 cm³/mol. The van der Waals surface area contributed by atoms with Gasteiger partial charge in [-0.2, -0.15) is 0 Å². The van der Waals surface area contributed by atoms with Gasteiger partial charge in [0.15, 0.2) is 0 Å². The fraction of sp³-hybridized carbons (Fsp3) is 0.385. The van der Waals surface area contributed by atoms with E-state index in [1.807, 2.05) is 36.4 Å². The zero-order valence-corrected chi connectivity index (χ0v) is 21.2. The molecule has 0 unspecified atom stereocenters. The molecule has 1 N–H and O–H groups in total. The maximum absolute atomic E-state index is 12.6. The molecule has 2 amide bonds. The van der Waals surface area contributed by atoms with E-state index in [1.165, 1.54) is 18.1 Å². The third-order valence-corrected chi connectivity index (χ3v) is 7.94. The number of nitrogens with one attached hydrogen (secondary N) is 1. The highest BCUT2D eigenvalue weighted by atomic mass is 32.2. The molecule has 10 nitrogen and oxygen atoms in total. The average Bonchev–Trinajstić information content (AvgIpc) is 3.29. The fourth-order valence-corrected chi connectivity index (χ4v) is 5.74. The number of ether oxygens (including phenoxy) is 3.